The van der Waals surface area contributed by atoms with Crippen molar-refractivity contribution in [3.8, 4) is 0 Å². The Balaban J connectivity index is 1.74. The number of carbonyl (C=O) groups excluding carboxylic acids is 2. The molecule has 0 bridgehead atoms. The highest BCUT2D eigenvalue weighted by atomic mass is 32.2. The van der Waals surface area contributed by atoms with Crippen LogP contribution in [0.1, 0.15) is 41.4 Å². The van der Waals surface area contributed by atoms with Gasteiger partial charge < -0.3 is 15.4 Å². The number of benzene rings is 2. The molecule has 0 spiro atoms. The van der Waals surface area contributed by atoms with Crippen molar-refractivity contribution in [1.82, 2.24) is 5.32 Å². The molecule has 0 radical (unpaired) electrons. The molecule has 1 aliphatic heterocycles. The molecular weight excluding hydrogens is 372 g/mol. The van der Waals surface area contributed by atoms with E-state index in [4.69, 9.17) is 4.74 Å². The minimum absolute atomic E-state index is 0.114. The highest BCUT2D eigenvalue weighted by Crippen LogP contribution is 2.27. The zero-order valence-electron chi connectivity index (χ0n) is 16.2. The van der Waals surface area contributed by atoms with E-state index in [1.807, 2.05) is 50.2 Å². The molecule has 2 aromatic rings. The Hall–Kier alpha value is -2.73. The zero-order valence-corrected chi connectivity index (χ0v) is 17.1. The summed E-state index contributed by atoms with van der Waals surface area (Å²) in [6.07, 6.45) is 0. The minimum atomic E-state index is -0.208. The number of anilines is 1. The summed E-state index contributed by atoms with van der Waals surface area (Å²) in [5.74, 6) is 0.994. The van der Waals surface area contributed by atoms with Crippen molar-refractivity contribution in [3.05, 3.63) is 75.9 Å². The Bertz CT molecular complexity index is 909. The predicted molar refractivity (Wildman–Crippen MR) is 113 cm³/mol. The van der Waals surface area contributed by atoms with Gasteiger partial charge in [0.1, 0.15) is 10.7 Å². The number of thioether (sulfide) groups is 1. The van der Waals surface area contributed by atoms with Crippen LogP contribution >= 0.6 is 11.8 Å². The number of aryl methyl sites for hydroxylation is 1. The maximum absolute atomic E-state index is 12.7. The van der Waals surface area contributed by atoms with Gasteiger partial charge in [0.05, 0.1) is 12.6 Å². The van der Waals surface area contributed by atoms with Crippen LogP contribution in [0.2, 0.25) is 0 Å². The molecule has 2 amide bonds. The lowest BCUT2D eigenvalue weighted by Crippen LogP contribution is -2.27. The van der Waals surface area contributed by atoms with E-state index in [2.05, 4.69) is 10.6 Å². The van der Waals surface area contributed by atoms with Crippen LogP contribution in [0, 0.1) is 6.92 Å². The molecule has 0 saturated carbocycles. The van der Waals surface area contributed by atoms with Gasteiger partial charge in [-0.15, -0.1) is 11.8 Å². The number of nitrogens with one attached hydrogen (secondary N) is 2. The molecule has 0 aliphatic carbocycles. The molecule has 0 unspecified atom stereocenters. The molecule has 0 aromatic heterocycles. The summed E-state index contributed by atoms with van der Waals surface area (Å²) in [4.78, 5) is 25.9. The van der Waals surface area contributed by atoms with Crippen LogP contribution in [0.25, 0.3) is 0 Å². The number of rotatable bonds is 5. The largest absolute Gasteiger partial charge is 0.496 e. The Morgan fingerprint density at radius 2 is 1.82 bits per heavy atom. The van der Waals surface area contributed by atoms with Gasteiger partial charge in [-0.1, -0.05) is 36.4 Å². The summed E-state index contributed by atoms with van der Waals surface area (Å²) in [5, 5.41) is 5.91. The molecule has 2 aromatic carbocycles. The first-order valence-corrected chi connectivity index (χ1v) is 10.2. The first-order valence-electron chi connectivity index (χ1n) is 9.20. The van der Waals surface area contributed by atoms with Crippen LogP contribution in [0.3, 0.4) is 0 Å². The van der Waals surface area contributed by atoms with E-state index in [0.717, 1.165) is 16.9 Å². The number of hydrogen-bond donors (Lipinski definition) is 2. The van der Waals surface area contributed by atoms with Crippen molar-refractivity contribution in [2.45, 2.75) is 26.8 Å². The number of hydrogen-bond acceptors (Lipinski definition) is 4. The Morgan fingerprint density at radius 3 is 2.54 bits per heavy atom. The third-order valence-electron chi connectivity index (χ3n) is 4.57. The second-order valence-electron chi connectivity index (χ2n) is 6.67. The van der Waals surface area contributed by atoms with Gasteiger partial charge in [-0.2, -0.15) is 0 Å². The first kappa shape index (κ1) is 20.0. The maximum atomic E-state index is 12.7. The normalized spacial score (nSPS) is 14.8. The fourth-order valence-corrected chi connectivity index (χ4v) is 3.73. The van der Waals surface area contributed by atoms with Crippen LogP contribution in [-0.4, -0.2) is 24.2 Å². The number of ether oxygens (including phenoxy) is 1. The fraction of sp³-hybridized carbons (Fsp3) is 0.273. The quantitative estimate of drug-likeness (QED) is 0.785. The highest BCUT2D eigenvalue weighted by molar-refractivity contribution is 8.04. The van der Waals surface area contributed by atoms with E-state index in [1.54, 1.807) is 19.1 Å². The van der Waals surface area contributed by atoms with Crippen molar-refractivity contribution >= 4 is 29.3 Å². The van der Waals surface area contributed by atoms with E-state index < -0.39 is 0 Å². The van der Waals surface area contributed by atoms with Gasteiger partial charge in [-0.25, -0.2) is 0 Å². The van der Waals surface area contributed by atoms with E-state index in [0.29, 0.717) is 28.5 Å². The van der Waals surface area contributed by atoms with E-state index in [-0.39, 0.29) is 17.9 Å². The molecule has 0 fully saturated rings. The van der Waals surface area contributed by atoms with E-state index in [9.17, 15) is 9.59 Å². The molecule has 1 atom stereocenters. The van der Waals surface area contributed by atoms with Crippen molar-refractivity contribution in [2.75, 3.05) is 17.7 Å². The lowest BCUT2D eigenvalue weighted by molar-refractivity contribution is -0.112. The van der Waals surface area contributed by atoms with Crippen LogP contribution < -0.4 is 10.6 Å². The summed E-state index contributed by atoms with van der Waals surface area (Å²) >= 11 is 1.48. The van der Waals surface area contributed by atoms with Crippen LogP contribution in [-0.2, 0) is 9.53 Å². The Labute approximate surface area is 169 Å². The number of allylic oxidation sites excluding steroid dienone is 1. The van der Waals surface area contributed by atoms with Gasteiger partial charge in [0.25, 0.3) is 11.8 Å². The third-order valence-corrected chi connectivity index (χ3v) is 5.70. The molecule has 5 nitrogen and oxygen atoms in total. The standard InChI is InChI=1S/C22H24N2O3S/c1-14-9-10-18(21(25)23-15(2)17-7-5-4-6-8-17)13-19(14)24-22(26)20-16(3)27-11-12-28-20/h4-10,13,15H,11-12H2,1-3H3,(H,23,25)(H,24,26)/t15-/m0/s1. The first-order chi connectivity index (χ1) is 13.5. The molecular formula is C22H24N2O3S. The summed E-state index contributed by atoms with van der Waals surface area (Å²) in [7, 11) is 0. The van der Waals surface area contributed by atoms with Crippen molar-refractivity contribution < 1.29 is 14.3 Å². The molecule has 6 heteroatoms. The van der Waals surface area contributed by atoms with Gasteiger partial charge in [0.2, 0.25) is 0 Å². The topological polar surface area (TPSA) is 67.4 Å². The Kier molecular flexibility index (Phi) is 6.41. The SMILES string of the molecule is CC1=C(C(=O)Nc2cc(C(=O)N[C@@H](C)c3ccccc3)ccc2C)SCCO1. The Morgan fingerprint density at radius 1 is 1.07 bits per heavy atom. The molecule has 2 N–H and O–H groups in total. The number of carbonyl (C=O) groups is 2. The summed E-state index contributed by atoms with van der Waals surface area (Å²) in [6.45, 7) is 6.25. The number of amides is 2. The highest BCUT2D eigenvalue weighted by Gasteiger charge is 2.20. The monoisotopic (exact) mass is 396 g/mol. The maximum Gasteiger partial charge on any atom is 0.265 e. The van der Waals surface area contributed by atoms with E-state index in [1.165, 1.54) is 11.8 Å². The van der Waals surface area contributed by atoms with Gasteiger partial charge in [0.15, 0.2) is 0 Å². The van der Waals surface area contributed by atoms with Gasteiger partial charge >= 0.3 is 0 Å². The van der Waals surface area contributed by atoms with Gasteiger partial charge in [0, 0.05) is 17.0 Å². The smallest absolute Gasteiger partial charge is 0.265 e. The summed E-state index contributed by atoms with van der Waals surface area (Å²) < 4.78 is 5.46. The fourth-order valence-electron chi connectivity index (χ4n) is 2.91. The van der Waals surface area contributed by atoms with Gasteiger partial charge in [-0.05, 0) is 44.0 Å². The van der Waals surface area contributed by atoms with Crippen molar-refractivity contribution in [3.63, 3.8) is 0 Å². The lowest BCUT2D eigenvalue weighted by Gasteiger charge is -2.19. The molecule has 1 heterocycles. The lowest BCUT2D eigenvalue weighted by atomic mass is 10.1. The average molecular weight is 397 g/mol. The average Bonchev–Trinajstić information content (AvgIpc) is 2.70. The van der Waals surface area contributed by atoms with E-state index >= 15 is 0 Å². The van der Waals surface area contributed by atoms with Gasteiger partial charge in [-0.3, -0.25) is 9.59 Å². The van der Waals surface area contributed by atoms with Crippen LogP contribution in [0.5, 0.6) is 0 Å². The van der Waals surface area contributed by atoms with Crippen molar-refractivity contribution in [2.24, 2.45) is 0 Å². The van der Waals surface area contributed by atoms with Crippen molar-refractivity contribution in [1.29, 1.82) is 0 Å². The van der Waals surface area contributed by atoms with Crippen LogP contribution in [0.15, 0.2) is 59.2 Å². The summed E-state index contributed by atoms with van der Waals surface area (Å²) in [5.41, 5.74) is 3.05. The molecule has 3 rings (SSSR count). The van der Waals surface area contributed by atoms with Crippen LogP contribution in [0.4, 0.5) is 5.69 Å². The minimum Gasteiger partial charge on any atom is -0.496 e. The zero-order chi connectivity index (χ0) is 20.1. The predicted octanol–water partition coefficient (Wildman–Crippen LogP) is 4.42. The second kappa shape index (κ2) is 8.97. The molecule has 28 heavy (non-hydrogen) atoms. The third kappa shape index (κ3) is 4.75. The molecule has 1 aliphatic rings. The molecule has 146 valence electrons. The molecule has 0 saturated heterocycles. The summed E-state index contributed by atoms with van der Waals surface area (Å²) in [6, 6.07) is 15.0. The second-order valence-corrected chi connectivity index (χ2v) is 7.78.